The quantitative estimate of drug-likeness (QED) is 0.352. The summed E-state index contributed by atoms with van der Waals surface area (Å²) in [5.41, 5.74) is 3.35. The number of fused-ring (bicyclic) bond motifs is 1. The number of benzene rings is 2. The van der Waals surface area contributed by atoms with Crippen molar-refractivity contribution in [1.82, 2.24) is 24.8 Å². The van der Waals surface area contributed by atoms with Gasteiger partial charge < -0.3 is 10.1 Å². The van der Waals surface area contributed by atoms with Gasteiger partial charge in [-0.3, -0.25) is 9.78 Å². The molecule has 168 valence electrons. The predicted molar refractivity (Wildman–Crippen MR) is 130 cm³/mol. The van der Waals surface area contributed by atoms with E-state index in [1.165, 1.54) is 0 Å². The van der Waals surface area contributed by atoms with E-state index in [1.807, 2.05) is 48.5 Å². The molecule has 5 rings (SSSR count). The highest BCUT2D eigenvalue weighted by molar-refractivity contribution is 6.34. The third-order valence-electron chi connectivity index (χ3n) is 4.85. The Bertz CT molecular complexity index is 1490. The zero-order valence-electron chi connectivity index (χ0n) is 17.5. The van der Waals surface area contributed by atoms with Gasteiger partial charge in [-0.25, -0.2) is 0 Å². The van der Waals surface area contributed by atoms with Gasteiger partial charge in [-0.05, 0) is 48.5 Å². The second-order valence-electron chi connectivity index (χ2n) is 7.22. The molecule has 8 nitrogen and oxygen atoms in total. The van der Waals surface area contributed by atoms with Crippen molar-refractivity contribution in [2.75, 3.05) is 11.9 Å². The highest BCUT2D eigenvalue weighted by Gasteiger charge is 2.12. The number of rotatable bonds is 6. The van der Waals surface area contributed by atoms with Crippen LogP contribution in [-0.4, -0.2) is 37.3 Å². The lowest BCUT2D eigenvalue weighted by atomic mass is 10.1. The van der Waals surface area contributed by atoms with Gasteiger partial charge in [0, 0.05) is 28.5 Å². The fourth-order valence-electron chi connectivity index (χ4n) is 3.28. The summed E-state index contributed by atoms with van der Waals surface area (Å²) in [4.78, 5) is 16.7. The van der Waals surface area contributed by atoms with Crippen molar-refractivity contribution in [3.63, 3.8) is 0 Å². The number of halogens is 2. The molecule has 34 heavy (non-hydrogen) atoms. The number of anilines is 1. The molecule has 0 atom stereocenters. The van der Waals surface area contributed by atoms with Crippen LogP contribution < -0.4 is 10.1 Å². The predicted octanol–water partition coefficient (Wildman–Crippen LogP) is 5.18. The van der Waals surface area contributed by atoms with Crippen molar-refractivity contribution < 1.29 is 9.53 Å². The number of nitrogens with zero attached hydrogens (tertiary/aromatic N) is 5. The molecule has 0 aliphatic rings. The molecule has 0 aliphatic heterocycles. The summed E-state index contributed by atoms with van der Waals surface area (Å²) in [6.07, 6.45) is 1.69. The van der Waals surface area contributed by atoms with E-state index in [-0.39, 0.29) is 12.5 Å². The zero-order valence-corrected chi connectivity index (χ0v) is 19.0. The normalized spacial score (nSPS) is 10.9. The molecule has 0 fully saturated rings. The molecule has 0 unspecified atom stereocenters. The molecule has 3 heterocycles. The number of hydrogen-bond acceptors (Lipinski definition) is 6. The minimum Gasteiger partial charge on any atom is -0.482 e. The van der Waals surface area contributed by atoms with E-state index in [0.717, 1.165) is 5.56 Å². The summed E-state index contributed by atoms with van der Waals surface area (Å²) in [6.45, 7) is -0.220. The molecule has 1 amide bonds. The smallest absolute Gasteiger partial charge is 0.262 e. The highest BCUT2D eigenvalue weighted by atomic mass is 35.5. The maximum absolute atomic E-state index is 12.4. The average molecular weight is 491 g/mol. The molecular formula is C24H16Cl2N6O2. The van der Waals surface area contributed by atoms with E-state index >= 15 is 0 Å². The Kier molecular flexibility index (Phi) is 6.07. The number of pyridine rings is 1. The summed E-state index contributed by atoms with van der Waals surface area (Å²) >= 11 is 12.0. The van der Waals surface area contributed by atoms with Gasteiger partial charge in [0.25, 0.3) is 5.91 Å². The first-order valence-electron chi connectivity index (χ1n) is 10.2. The number of ether oxygens (including phenoxy) is 1. The van der Waals surface area contributed by atoms with E-state index in [4.69, 9.17) is 27.9 Å². The molecule has 0 saturated carbocycles. The number of amides is 1. The van der Waals surface area contributed by atoms with Crippen LogP contribution in [0.3, 0.4) is 0 Å². The Morgan fingerprint density at radius 3 is 2.71 bits per heavy atom. The molecule has 3 aromatic heterocycles. The van der Waals surface area contributed by atoms with Crippen LogP contribution in [0.1, 0.15) is 0 Å². The first kappa shape index (κ1) is 21.8. The summed E-state index contributed by atoms with van der Waals surface area (Å²) in [5.74, 6) is 0.541. The molecule has 0 bridgehead atoms. The molecular weight excluding hydrogens is 475 g/mol. The van der Waals surface area contributed by atoms with Gasteiger partial charge in [-0.2, -0.15) is 9.61 Å². The molecule has 2 aromatic carbocycles. The average Bonchev–Trinajstić information content (AvgIpc) is 3.29. The first-order chi connectivity index (χ1) is 16.6. The minimum absolute atomic E-state index is 0.220. The molecule has 0 aliphatic carbocycles. The SMILES string of the molecule is O=C(COc1cc(Cl)ccc1Cl)Nc1cccc(-c2ccc3nnc(-c4ccccn4)n3n2)c1. The Morgan fingerprint density at radius 1 is 0.941 bits per heavy atom. The number of carbonyl (C=O) groups excluding carboxylic acids is 1. The third kappa shape index (κ3) is 4.68. The summed E-state index contributed by atoms with van der Waals surface area (Å²) in [7, 11) is 0. The van der Waals surface area contributed by atoms with Crippen molar-refractivity contribution in [1.29, 1.82) is 0 Å². The van der Waals surface area contributed by atoms with Gasteiger partial charge >= 0.3 is 0 Å². The summed E-state index contributed by atoms with van der Waals surface area (Å²) < 4.78 is 7.14. The minimum atomic E-state index is -0.340. The number of nitrogens with one attached hydrogen (secondary N) is 1. The molecule has 1 N–H and O–H groups in total. The van der Waals surface area contributed by atoms with Crippen LogP contribution in [0.5, 0.6) is 5.75 Å². The largest absolute Gasteiger partial charge is 0.482 e. The Labute approximate surface area is 204 Å². The number of aromatic nitrogens is 5. The standard InChI is InChI=1S/C24H16Cl2N6O2/c25-16-7-8-18(26)21(13-16)34-14-23(33)28-17-5-3-4-15(12-17)19-9-10-22-29-30-24(32(22)31-19)20-6-1-2-11-27-20/h1-13H,14H2,(H,28,33). The van der Waals surface area contributed by atoms with Crippen molar-refractivity contribution in [2.45, 2.75) is 0 Å². The molecule has 0 radical (unpaired) electrons. The lowest BCUT2D eigenvalue weighted by molar-refractivity contribution is -0.118. The van der Waals surface area contributed by atoms with Crippen molar-refractivity contribution in [2.24, 2.45) is 0 Å². The van der Waals surface area contributed by atoms with Crippen LogP contribution in [0, 0.1) is 0 Å². The van der Waals surface area contributed by atoms with E-state index in [0.29, 0.717) is 44.3 Å². The zero-order chi connectivity index (χ0) is 23.5. The lowest BCUT2D eigenvalue weighted by Gasteiger charge is -2.10. The fraction of sp³-hybridized carbons (Fsp3) is 0.0417. The number of hydrogen-bond donors (Lipinski definition) is 1. The van der Waals surface area contributed by atoms with Gasteiger partial charge in [-0.15, -0.1) is 10.2 Å². The van der Waals surface area contributed by atoms with Crippen molar-refractivity contribution in [3.8, 4) is 28.5 Å². The fourth-order valence-corrected chi connectivity index (χ4v) is 3.62. The van der Waals surface area contributed by atoms with Crippen molar-refractivity contribution >= 4 is 40.4 Å². The number of carbonyl (C=O) groups is 1. The van der Waals surface area contributed by atoms with Crippen LogP contribution >= 0.6 is 23.2 Å². The second-order valence-corrected chi connectivity index (χ2v) is 8.06. The van der Waals surface area contributed by atoms with Crippen LogP contribution in [0.15, 0.2) is 79.0 Å². The third-order valence-corrected chi connectivity index (χ3v) is 5.40. The van der Waals surface area contributed by atoms with Crippen LogP contribution in [0.4, 0.5) is 5.69 Å². The molecule has 5 aromatic rings. The lowest BCUT2D eigenvalue weighted by Crippen LogP contribution is -2.20. The molecule has 0 saturated heterocycles. The van der Waals surface area contributed by atoms with Crippen molar-refractivity contribution in [3.05, 3.63) is 89.0 Å². The van der Waals surface area contributed by atoms with E-state index in [2.05, 4.69) is 25.6 Å². The van der Waals surface area contributed by atoms with Gasteiger partial charge in [0.2, 0.25) is 5.82 Å². The second kappa shape index (κ2) is 9.46. The van der Waals surface area contributed by atoms with Gasteiger partial charge in [-0.1, -0.05) is 41.4 Å². The van der Waals surface area contributed by atoms with E-state index in [9.17, 15) is 4.79 Å². The highest BCUT2D eigenvalue weighted by Crippen LogP contribution is 2.28. The van der Waals surface area contributed by atoms with Crippen LogP contribution in [-0.2, 0) is 4.79 Å². The maximum Gasteiger partial charge on any atom is 0.262 e. The monoisotopic (exact) mass is 490 g/mol. The van der Waals surface area contributed by atoms with Crippen LogP contribution in [0.25, 0.3) is 28.4 Å². The van der Waals surface area contributed by atoms with Gasteiger partial charge in [0.05, 0.1) is 10.7 Å². The maximum atomic E-state index is 12.4. The topological polar surface area (TPSA) is 94.3 Å². The van der Waals surface area contributed by atoms with Crippen LogP contribution in [0.2, 0.25) is 10.0 Å². The molecule has 10 heteroatoms. The van der Waals surface area contributed by atoms with Gasteiger partial charge in [0.1, 0.15) is 11.4 Å². The summed E-state index contributed by atoms with van der Waals surface area (Å²) in [5, 5.41) is 16.7. The van der Waals surface area contributed by atoms with E-state index < -0.39 is 0 Å². The van der Waals surface area contributed by atoms with Gasteiger partial charge in [0.15, 0.2) is 12.3 Å². The Morgan fingerprint density at radius 2 is 1.85 bits per heavy atom. The molecule has 0 spiro atoms. The Hall–Kier alpha value is -4.01. The summed E-state index contributed by atoms with van der Waals surface area (Å²) in [6, 6.07) is 21.4. The van der Waals surface area contributed by atoms with E-state index in [1.54, 1.807) is 35.0 Å². The first-order valence-corrected chi connectivity index (χ1v) is 10.9. The Balaban J connectivity index is 1.34.